The molecule has 0 saturated heterocycles. The van der Waals surface area contributed by atoms with Crippen LogP contribution in [0.3, 0.4) is 0 Å². The third-order valence-electron chi connectivity index (χ3n) is 4.20. The molecule has 0 spiro atoms. The number of para-hydroxylation sites is 1. The highest BCUT2D eigenvalue weighted by atomic mass is 79.9. The third kappa shape index (κ3) is 1.67. The fourth-order valence-electron chi connectivity index (χ4n) is 3.28. The van der Waals surface area contributed by atoms with Crippen LogP contribution < -0.4 is 0 Å². The second-order valence-electron chi connectivity index (χ2n) is 5.46. The lowest BCUT2D eigenvalue weighted by Gasteiger charge is -2.16. The highest BCUT2D eigenvalue weighted by Gasteiger charge is 2.22. The summed E-state index contributed by atoms with van der Waals surface area (Å²) >= 11 is 3.62. The van der Waals surface area contributed by atoms with Gasteiger partial charge in [-0.1, -0.05) is 18.2 Å². The molecule has 2 aromatic heterocycles. The van der Waals surface area contributed by atoms with E-state index < -0.39 is 0 Å². The van der Waals surface area contributed by atoms with Gasteiger partial charge in [0.15, 0.2) is 4.73 Å². The quantitative estimate of drug-likeness (QED) is 0.703. The molecule has 0 radical (unpaired) electrons. The summed E-state index contributed by atoms with van der Waals surface area (Å²) in [5.74, 6) is 0. The van der Waals surface area contributed by atoms with Crippen LogP contribution >= 0.6 is 15.9 Å². The summed E-state index contributed by atoms with van der Waals surface area (Å²) in [4.78, 5) is 8.28. The van der Waals surface area contributed by atoms with Gasteiger partial charge in [0.05, 0.1) is 5.69 Å². The van der Waals surface area contributed by atoms with Crippen LogP contribution in [0, 0.1) is 6.92 Å². The van der Waals surface area contributed by atoms with E-state index in [1.54, 1.807) is 0 Å². The Morgan fingerprint density at radius 1 is 1.25 bits per heavy atom. The van der Waals surface area contributed by atoms with Gasteiger partial charge < -0.3 is 9.55 Å². The Balaban J connectivity index is 2.02. The molecule has 20 heavy (non-hydrogen) atoms. The number of halogens is 1. The normalized spacial score (nSPS) is 14.7. The first-order valence-corrected chi connectivity index (χ1v) is 7.87. The third-order valence-corrected chi connectivity index (χ3v) is 4.81. The van der Waals surface area contributed by atoms with E-state index in [0.29, 0.717) is 0 Å². The summed E-state index contributed by atoms with van der Waals surface area (Å²) < 4.78 is 3.28. The van der Waals surface area contributed by atoms with Crippen LogP contribution in [0.5, 0.6) is 0 Å². The molecule has 0 aliphatic carbocycles. The number of hydrogen-bond acceptors (Lipinski definition) is 1. The number of nitrogens with zero attached hydrogens (tertiary/aromatic N) is 2. The van der Waals surface area contributed by atoms with Gasteiger partial charge in [-0.2, -0.15) is 0 Å². The molecular formula is C16H16BrN3. The van der Waals surface area contributed by atoms with E-state index in [2.05, 4.69) is 56.7 Å². The molecule has 0 bridgehead atoms. The predicted octanol–water partition coefficient (Wildman–Crippen LogP) is 4.44. The van der Waals surface area contributed by atoms with Crippen LogP contribution in [0.25, 0.3) is 22.2 Å². The summed E-state index contributed by atoms with van der Waals surface area (Å²) in [6.45, 7) is 3.21. The minimum absolute atomic E-state index is 0.965. The smallest absolute Gasteiger partial charge is 0.177 e. The summed E-state index contributed by atoms with van der Waals surface area (Å²) in [6, 6.07) is 8.47. The van der Waals surface area contributed by atoms with Gasteiger partial charge in [0.1, 0.15) is 0 Å². The van der Waals surface area contributed by atoms with E-state index >= 15 is 0 Å². The lowest BCUT2D eigenvalue weighted by atomic mass is 10.0. The average molecular weight is 330 g/mol. The molecule has 1 N–H and O–H groups in total. The standard InChI is InChI=1S/C16H16BrN3/c1-10-14(11-6-2-3-7-12(11)18-10)15-13-8-4-5-9-20(13)16(17)19-15/h2-3,6-7,18H,4-5,8-9H2,1H3. The molecule has 1 aliphatic rings. The van der Waals surface area contributed by atoms with Gasteiger partial charge in [-0.25, -0.2) is 4.98 Å². The maximum absolute atomic E-state index is 4.81. The zero-order valence-electron chi connectivity index (χ0n) is 11.4. The summed E-state index contributed by atoms with van der Waals surface area (Å²) in [7, 11) is 0. The SMILES string of the molecule is Cc1[nH]c2ccccc2c1-c1nc(Br)n2c1CCCC2. The van der Waals surface area contributed by atoms with E-state index in [0.717, 1.165) is 23.4 Å². The number of aryl methyl sites for hydroxylation is 1. The van der Waals surface area contributed by atoms with Gasteiger partial charge in [0.25, 0.3) is 0 Å². The van der Waals surface area contributed by atoms with Crippen molar-refractivity contribution in [2.24, 2.45) is 0 Å². The molecule has 3 nitrogen and oxygen atoms in total. The fourth-order valence-corrected chi connectivity index (χ4v) is 3.85. The monoisotopic (exact) mass is 329 g/mol. The van der Waals surface area contributed by atoms with Crippen molar-refractivity contribution in [2.75, 3.05) is 0 Å². The second kappa shape index (κ2) is 4.48. The number of benzene rings is 1. The van der Waals surface area contributed by atoms with Gasteiger partial charge >= 0.3 is 0 Å². The molecule has 4 heteroatoms. The Morgan fingerprint density at radius 2 is 2.10 bits per heavy atom. The van der Waals surface area contributed by atoms with Gasteiger partial charge in [-0.15, -0.1) is 0 Å². The Hall–Kier alpha value is -1.55. The van der Waals surface area contributed by atoms with Gasteiger partial charge in [0, 0.05) is 34.4 Å². The molecule has 102 valence electrons. The Labute approximate surface area is 126 Å². The minimum Gasteiger partial charge on any atom is -0.358 e. The van der Waals surface area contributed by atoms with E-state index in [9.17, 15) is 0 Å². The summed E-state index contributed by atoms with van der Waals surface area (Å²) in [6.07, 6.45) is 3.62. The van der Waals surface area contributed by atoms with Crippen molar-refractivity contribution in [3.8, 4) is 11.3 Å². The van der Waals surface area contributed by atoms with Crippen molar-refractivity contribution in [1.82, 2.24) is 14.5 Å². The zero-order chi connectivity index (χ0) is 13.7. The highest BCUT2D eigenvalue weighted by Crippen LogP contribution is 2.36. The lowest BCUT2D eigenvalue weighted by Crippen LogP contribution is -2.10. The van der Waals surface area contributed by atoms with Crippen LogP contribution in [-0.2, 0) is 13.0 Å². The number of H-pyrrole nitrogens is 1. The van der Waals surface area contributed by atoms with Crippen molar-refractivity contribution < 1.29 is 0 Å². The molecule has 0 amide bonds. The van der Waals surface area contributed by atoms with Crippen LogP contribution in [-0.4, -0.2) is 14.5 Å². The Kier molecular flexibility index (Phi) is 2.74. The zero-order valence-corrected chi connectivity index (χ0v) is 13.0. The number of rotatable bonds is 1. The average Bonchev–Trinajstić information content (AvgIpc) is 2.96. The second-order valence-corrected chi connectivity index (χ2v) is 6.16. The molecule has 0 unspecified atom stereocenters. The molecule has 4 rings (SSSR count). The predicted molar refractivity (Wildman–Crippen MR) is 84.9 cm³/mol. The first-order valence-electron chi connectivity index (χ1n) is 7.08. The van der Waals surface area contributed by atoms with Gasteiger partial charge in [-0.3, -0.25) is 0 Å². The maximum atomic E-state index is 4.81. The number of fused-ring (bicyclic) bond motifs is 2. The van der Waals surface area contributed by atoms with E-state index in [-0.39, 0.29) is 0 Å². The van der Waals surface area contributed by atoms with Gasteiger partial charge in [-0.05, 0) is 48.2 Å². The molecule has 0 atom stereocenters. The number of nitrogens with one attached hydrogen (secondary N) is 1. The first-order chi connectivity index (χ1) is 9.75. The number of aromatic amines is 1. The van der Waals surface area contributed by atoms with Gasteiger partial charge in [0.2, 0.25) is 0 Å². The topological polar surface area (TPSA) is 33.6 Å². The lowest BCUT2D eigenvalue weighted by molar-refractivity contribution is 0.525. The minimum atomic E-state index is 0.965. The first kappa shape index (κ1) is 12.2. The fraction of sp³-hybridized carbons (Fsp3) is 0.312. The largest absolute Gasteiger partial charge is 0.358 e. The molecule has 3 aromatic rings. The van der Waals surface area contributed by atoms with Crippen LogP contribution in [0.1, 0.15) is 24.2 Å². The van der Waals surface area contributed by atoms with Crippen LogP contribution in [0.2, 0.25) is 0 Å². The molecule has 0 fully saturated rings. The van der Waals surface area contributed by atoms with Crippen LogP contribution in [0.15, 0.2) is 29.0 Å². The van der Waals surface area contributed by atoms with Crippen molar-refractivity contribution in [3.63, 3.8) is 0 Å². The maximum Gasteiger partial charge on any atom is 0.177 e. The Bertz CT molecular complexity index is 798. The van der Waals surface area contributed by atoms with E-state index in [4.69, 9.17) is 4.98 Å². The molecule has 3 heterocycles. The van der Waals surface area contributed by atoms with Crippen LogP contribution in [0.4, 0.5) is 0 Å². The number of imidazole rings is 1. The van der Waals surface area contributed by atoms with Crippen molar-refractivity contribution >= 4 is 26.8 Å². The number of aromatic nitrogens is 3. The van der Waals surface area contributed by atoms with Crippen molar-refractivity contribution in [2.45, 2.75) is 32.7 Å². The van der Waals surface area contributed by atoms with Crippen molar-refractivity contribution in [3.05, 3.63) is 40.4 Å². The molecule has 0 saturated carbocycles. The molecule has 1 aliphatic heterocycles. The summed E-state index contributed by atoms with van der Waals surface area (Å²) in [5, 5.41) is 1.27. The number of hydrogen-bond donors (Lipinski definition) is 1. The Morgan fingerprint density at radius 3 is 3.00 bits per heavy atom. The van der Waals surface area contributed by atoms with E-state index in [1.165, 1.54) is 40.7 Å². The van der Waals surface area contributed by atoms with E-state index in [1.807, 2.05) is 0 Å². The van der Waals surface area contributed by atoms with Crippen molar-refractivity contribution in [1.29, 1.82) is 0 Å². The summed E-state index contributed by atoms with van der Waals surface area (Å²) in [5.41, 5.74) is 6.17. The highest BCUT2D eigenvalue weighted by molar-refractivity contribution is 9.10. The molecular weight excluding hydrogens is 314 g/mol. The molecule has 1 aromatic carbocycles.